The van der Waals surface area contributed by atoms with Crippen LogP contribution in [0.15, 0.2) is 47.4 Å². The molecule has 3 heterocycles. The van der Waals surface area contributed by atoms with Crippen LogP contribution in [-0.2, 0) is 0 Å². The molecule has 1 aliphatic heterocycles. The zero-order valence-electron chi connectivity index (χ0n) is 13.8. The van der Waals surface area contributed by atoms with Crippen LogP contribution in [0.5, 0.6) is 0 Å². The lowest BCUT2D eigenvalue weighted by Gasteiger charge is -2.21. The molecule has 7 heteroatoms. The van der Waals surface area contributed by atoms with Gasteiger partial charge in [0.1, 0.15) is 11.7 Å². The zero-order valence-corrected chi connectivity index (χ0v) is 13.8. The molecule has 3 aromatic rings. The van der Waals surface area contributed by atoms with Crippen molar-refractivity contribution in [2.45, 2.75) is 25.8 Å². The topological polar surface area (TPSA) is 85.0 Å². The molecular weight excluding hydrogens is 318 g/mol. The van der Waals surface area contributed by atoms with Gasteiger partial charge in [0.05, 0.1) is 6.20 Å². The molecule has 1 amide bonds. The highest BCUT2D eigenvalue weighted by Crippen LogP contribution is 2.32. The van der Waals surface area contributed by atoms with E-state index in [9.17, 15) is 4.79 Å². The van der Waals surface area contributed by atoms with Crippen LogP contribution in [0.1, 0.15) is 40.8 Å². The lowest BCUT2D eigenvalue weighted by Crippen LogP contribution is -2.31. The van der Waals surface area contributed by atoms with Crippen LogP contribution in [0.4, 0.5) is 0 Å². The monoisotopic (exact) mass is 335 g/mol. The van der Waals surface area contributed by atoms with Gasteiger partial charge in [-0.3, -0.25) is 9.78 Å². The number of nitrogens with zero attached hydrogens (tertiary/aromatic N) is 5. The van der Waals surface area contributed by atoms with Crippen molar-refractivity contribution < 1.29 is 9.32 Å². The summed E-state index contributed by atoms with van der Waals surface area (Å²) >= 11 is 0. The minimum Gasteiger partial charge on any atom is -0.337 e. The molecule has 1 aromatic carbocycles. The molecule has 25 heavy (non-hydrogen) atoms. The maximum atomic E-state index is 12.7. The van der Waals surface area contributed by atoms with Gasteiger partial charge in [-0.1, -0.05) is 35.0 Å². The van der Waals surface area contributed by atoms with Gasteiger partial charge in [-0.2, -0.15) is 4.98 Å². The minimum absolute atomic E-state index is 0.161. The Morgan fingerprint density at radius 2 is 2.08 bits per heavy atom. The smallest absolute Gasteiger partial charge is 0.274 e. The number of aromatic nitrogens is 4. The fourth-order valence-electron chi connectivity index (χ4n) is 3.01. The van der Waals surface area contributed by atoms with Gasteiger partial charge in [-0.15, -0.1) is 0 Å². The van der Waals surface area contributed by atoms with E-state index in [0.29, 0.717) is 24.0 Å². The summed E-state index contributed by atoms with van der Waals surface area (Å²) in [5.41, 5.74) is 2.39. The first-order valence-electron chi connectivity index (χ1n) is 8.20. The number of carbonyl (C=O) groups excluding carboxylic acids is 1. The Morgan fingerprint density at radius 1 is 1.24 bits per heavy atom. The molecule has 1 saturated heterocycles. The van der Waals surface area contributed by atoms with E-state index in [2.05, 4.69) is 20.1 Å². The molecule has 126 valence electrons. The van der Waals surface area contributed by atoms with E-state index in [1.807, 2.05) is 31.2 Å². The van der Waals surface area contributed by atoms with E-state index >= 15 is 0 Å². The number of rotatable bonds is 3. The highest BCUT2D eigenvalue weighted by atomic mass is 16.5. The number of benzene rings is 1. The van der Waals surface area contributed by atoms with Crippen molar-refractivity contribution in [1.82, 2.24) is 25.0 Å². The minimum atomic E-state index is -0.221. The second kappa shape index (κ2) is 6.43. The van der Waals surface area contributed by atoms with Gasteiger partial charge in [-0.25, -0.2) is 4.98 Å². The molecule has 1 fully saturated rings. The van der Waals surface area contributed by atoms with Crippen LogP contribution in [-0.4, -0.2) is 37.5 Å². The summed E-state index contributed by atoms with van der Waals surface area (Å²) in [6, 6.07) is 7.71. The summed E-state index contributed by atoms with van der Waals surface area (Å²) in [6.45, 7) is 2.67. The van der Waals surface area contributed by atoms with Gasteiger partial charge < -0.3 is 9.42 Å². The van der Waals surface area contributed by atoms with Gasteiger partial charge >= 0.3 is 0 Å². The molecule has 0 radical (unpaired) electrons. The normalized spacial score (nSPS) is 17.0. The predicted octanol–water partition coefficient (Wildman–Crippen LogP) is 2.81. The number of amides is 1. The third-order valence-corrected chi connectivity index (χ3v) is 4.33. The van der Waals surface area contributed by atoms with Crippen molar-refractivity contribution in [2.75, 3.05) is 6.54 Å². The number of carbonyl (C=O) groups is 1. The Balaban J connectivity index is 1.59. The van der Waals surface area contributed by atoms with E-state index in [1.165, 1.54) is 18.0 Å². The molecule has 0 bridgehead atoms. The quantitative estimate of drug-likeness (QED) is 0.732. The first-order valence-corrected chi connectivity index (χ1v) is 8.20. The van der Waals surface area contributed by atoms with Gasteiger partial charge in [0.25, 0.3) is 5.91 Å². The first kappa shape index (κ1) is 15.4. The summed E-state index contributed by atoms with van der Waals surface area (Å²) in [4.78, 5) is 27.0. The average Bonchev–Trinajstić information content (AvgIpc) is 3.31. The summed E-state index contributed by atoms with van der Waals surface area (Å²) in [5.74, 6) is 0.838. The van der Waals surface area contributed by atoms with E-state index in [1.54, 1.807) is 11.1 Å². The van der Waals surface area contributed by atoms with E-state index in [4.69, 9.17) is 4.52 Å². The van der Waals surface area contributed by atoms with Gasteiger partial charge in [0, 0.05) is 24.5 Å². The molecule has 0 saturated carbocycles. The number of aryl methyl sites for hydroxylation is 1. The van der Waals surface area contributed by atoms with E-state index in [0.717, 1.165) is 18.4 Å². The fraction of sp³-hybridized carbons (Fsp3) is 0.278. The number of hydrogen-bond acceptors (Lipinski definition) is 6. The maximum absolute atomic E-state index is 12.7. The standard InChI is InChI=1S/C18H17N5O2/c1-12-4-6-13(7-5-12)16-21-17(25-22-16)15-3-2-10-23(15)18(24)14-11-19-8-9-20-14/h4-9,11,15H,2-3,10H2,1H3/t15-/m1/s1. The summed E-state index contributed by atoms with van der Waals surface area (Å²) in [7, 11) is 0. The Bertz CT molecular complexity index is 876. The molecule has 0 spiro atoms. The maximum Gasteiger partial charge on any atom is 0.274 e. The summed E-state index contributed by atoms with van der Waals surface area (Å²) in [5, 5.41) is 4.08. The van der Waals surface area contributed by atoms with Crippen molar-refractivity contribution >= 4 is 5.91 Å². The Morgan fingerprint density at radius 3 is 2.84 bits per heavy atom. The molecule has 2 aromatic heterocycles. The van der Waals surface area contributed by atoms with Crippen LogP contribution < -0.4 is 0 Å². The highest BCUT2D eigenvalue weighted by molar-refractivity contribution is 5.92. The van der Waals surface area contributed by atoms with Crippen molar-refractivity contribution in [3.05, 3.63) is 60.0 Å². The van der Waals surface area contributed by atoms with Crippen LogP contribution in [0.3, 0.4) is 0 Å². The molecular formula is C18H17N5O2. The predicted molar refractivity (Wildman–Crippen MR) is 89.5 cm³/mol. The Labute approximate surface area is 144 Å². The first-order chi connectivity index (χ1) is 12.2. The number of likely N-dealkylation sites (tertiary alicyclic amines) is 1. The lowest BCUT2D eigenvalue weighted by molar-refractivity contribution is 0.0703. The molecule has 4 rings (SSSR count). The van der Waals surface area contributed by atoms with Gasteiger partial charge in [-0.05, 0) is 19.8 Å². The second-order valence-corrected chi connectivity index (χ2v) is 6.07. The van der Waals surface area contributed by atoms with Crippen molar-refractivity contribution in [3.8, 4) is 11.4 Å². The third-order valence-electron chi connectivity index (χ3n) is 4.33. The molecule has 0 N–H and O–H groups in total. The average molecular weight is 335 g/mol. The van der Waals surface area contributed by atoms with Crippen molar-refractivity contribution in [3.63, 3.8) is 0 Å². The van der Waals surface area contributed by atoms with Crippen LogP contribution in [0, 0.1) is 6.92 Å². The summed E-state index contributed by atoms with van der Waals surface area (Å²) in [6.07, 6.45) is 6.22. The Kier molecular flexibility index (Phi) is 3.97. The Hall–Kier alpha value is -3.09. The van der Waals surface area contributed by atoms with E-state index < -0.39 is 0 Å². The number of hydrogen-bond donors (Lipinski definition) is 0. The van der Waals surface area contributed by atoms with Crippen molar-refractivity contribution in [1.29, 1.82) is 0 Å². The van der Waals surface area contributed by atoms with Crippen LogP contribution >= 0.6 is 0 Å². The molecule has 1 atom stereocenters. The third kappa shape index (κ3) is 3.00. The fourth-order valence-corrected chi connectivity index (χ4v) is 3.01. The van der Waals surface area contributed by atoms with Gasteiger partial charge in [0.2, 0.25) is 11.7 Å². The van der Waals surface area contributed by atoms with Crippen molar-refractivity contribution in [2.24, 2.45) is 0 Å². The molecule has 1 aliphatic rings. The SMILES string of the molecule is Cc1ccc(-c2noc([C@H]3CCCN3C(=O)c3cnccn3)n2)cc1. The second-order valence-electron chi connectivity index (χ2n) is 6.07. The van der Waals surface area contributed by atoms with Crippen LogP contribution in [0.2, 0.25) is 0 Å². The van der Waals surface area contributed by atoms with Gasteiger partial charge in [0.15, 0.2) is 0 Å². The van der Waals surface area contributed by atoms with Crippen LogP contribution in [0.25, 0.3) is 11.4 Å². The molecule has 7 nitrogen and oxygen atoms in total. The van der Waals surface area contributed by atoms with E-state index in [-0.39, 0.29) is 11.9 Å². The lowest BCUT2D eigenvalue weighted by atomic mass is 10.1. The molecule has 0 unspecified atom stereocenters. The largest absolute Gasteiger partial charge is 0.337 e. The summed E-state index contributed by atoms with van der Waals surface area (Å²) < 4.78 is 5.46. The zero-order chi connectivity index (χ0) is 17.2. The highest BCUT2D eigenvalue weighted by Gasteiger charge is 2.35. The molecule has 0 aliphatic carbocycles.